The normalized spacial score (nSPS) is 16.8. The van der Waals surface area contributed by atoms with Crippen molar-refractivity contribution in [2.45, 2.75) is 6.42 Å². The van der Waals surface area contributed by atoms with E-state index in [1.807, 2.05) is 0 Å². The summed E-state index contributed by atoms with van der Waals surface area (Å²) in [7, 11) is 0. The number of carbonyl (C=O) groups excluding carboxylic acids is 1. The number of amides is 1. The predicted octanol–water partition coefficient (Wildman–Crippen LogP) is -0.0485. The van der Waals surface area contributed by atoms with E-state index in [1.54, 1.807) is 0 Å². The number of β-lactam (4-membered cyclic amide) rings is 1. The maximum Gasteiger partial charge on any atom is 0.315 e. The lowest BCUT2D eigenvalue weighted by molar-refractivity contribution is -0.134. The van der Waals surface area contributed by atoms with E-state index in [0.717, 1.165) is 11.9 Å². The molecule has 0 atom stereocenters. The van der Waals surface area contributed by atoms with E-state index >= 15 is 0 Å². The van der Waals surface area contributed by atoms with E-state index in [0.29, 0.717) is 13.0 Å². The van der Waals surface area contributed by atoms with Crippen molar-refractivity contribution in [3.8, 4) is 0 Å². The van der Waals surface area contributed by atoms with Crippen LogP contribution < -0.4 is 0 Å². The molecular formula is C5H7NO3S. The Morgan fingerprint density at radius 2 is 2.50 bits per heavy atom. The Hall–Kier alpha value is -0.710. The van der Waals surface area contributed by atoms with Crippen molar-refractivity contribution in [2.75, 3.05) is 12.3 Å². The van der Waals surface area contributed by atoms with Gasteiger partial charge in [0.25, 0.3) is 0 Å². The number of carbonyl (C=O) groups is 2. The standard InChI is InChI=1S/C5H7NO3S/c7-4-1-2-6(4)10-3-5(8)9/h1-3H2,(H,8,9). The van der Waals surface area contributed by atoms with Crippen LogP contribution in [0.1, 0.15) is 6.42 Å². The lowest BCUT2D eigenvalue weighted by atomic mass is 10.3. The van der Waals surface area contributed by atoms with Crippen LogP contribution in [0.3, 0.4) is 0 Å². The first-order valence-electron chi connectivity index (χ1n) is 2.85. The maximum absolute atomic E-state index is 10.6. The summed E-state index contributed by atoms with van der Waals surface area (Å²) in [6, 6.07) is 0. The van der Waals surface area contributed by atoms with Gasteiger partial charge in [0.15, 0.2) is 0 Å². The van der Waals surface area contributed by atoms with Gasteiger partial charge in [-0.1, -0.05) is 0 Å². The van der Waals surface area contributed by atoms with Crippen LogP contribution in [0.5, 0.6) is 0 Å². The van der Waals surface area contributed by atoms with Gasteiger partial charge >= 0.3 is 5.97 Å². The fraction of sp³-hybridized carbons (Fsp3) is 0.600. The Morgan fingerprint density at radius 1 is 1.80 bits per heavy atom. The summed E-state index contributed by atoms with van der Waals surface area (Å²) in [6.45, 7) is 0.691. The van der Waals surface area contributed by atoms with Gasteiger partial charge in [0.1, 0.15) is 5.75 Å². The zero-order valence-electron chi connectivity index (χ0n) is 5.24. The molecule has 0 aliphatic carbocycles. The van der Waals surface area contributed by atoms with E-state index in [9.17, 15) is 9.59 Å². The Bertz CT molecular complexity index is 170. The molecule has 1 N–H and O–H groups in total. The van der Waals surface area contributed by atoms with Crippen molar-refractivity contribution in [3.05, 3.63) is 0 Å². The highest BCUT2D eigenvalue weighted by Crippen LogP contribution is 2.19. The molecule has 1 saturated heterocycles. The summed E-state index contributed by atoms with van der Waals surface area (Å²) < 4.78 is 1.47. The first-order valence-corrected chi connectivity index (χ1v) is 3.79. The quantitative estimate of drug-likeness (QED) is 0.466. The van der Waals surface area contributed by atoms with Crippen LogP contribution in [0.4, 0.5) is 0 Å². The van der Waals surface area contributed by atoms with Crippen LogP contribution in [-0.2, 0) is 9.59 Å². The van der Waals surface area contributed by atoms with E-state index in [2.05, 4.69) is 0 Å². The highest BCUT2D eigenvalue weighted by Gasteiger charge is 2.24. The van der Waals surface area contributed by atoms with Crippen LogP contribution in [0, 0.1) is 0 Å². The fourth-order valence-corrected chi connectivity index (χ4v) is 1.29. The number of rotatable bonds is 3. The number of carboxylic acid groups (broad SMARTS) is 1. The molecule has 0 aromatic heterocycles. The van der Waals surface area contributed by atoms with Crippen molar-refractivity contribution in [3.63, 3.8) is 0 Å². The second-order valence-electron chi connectivity index (χ2n) is 1.91. The van der Waals surface area contributed by atoms with Crippen molar-refractivity contribution >= 4 is 23.8 Å². The molecule has 10 heavy (non-hydrogen) atoms. The molecule has 0 radical (unpaired) electrons. The topological polar surface area (TPSA) is 57.6 Å². The largest absolute Gasteiger partial charge is 0.481 e. The van der Waals surface area contributed by atoms with Crippen LogP contribution in [0.25, 0.3) is 0 Å². The molecular weight excluding hydrogens is 154 g/mol. The highest BCUT2D eigenvalue weighted by atomic mass is 32.2. The minimum Gasteiger partial charge on any atom is -0.481 e. The Balaban J connectivity index is 2.14. The third kappa shape index (κ3) is 1.63. The minimum absolute atomic E-state index is 0.0221. The van der Waals surface area contributed by atoms with Gasteiger partial charge in [0.05, 0.1) is 0 Å². The van der Waals surface area contributed by atoms with Gasteiger partial charge in [0, 0.05) is 13.0 Å². The molecule has 5 heteroatoms. The lowest BCUT2D eigenvalue weighted by Crippen LogP contribution is -2.38. The molecule has 0 aromatic carbocycles. The minimum atomic E-state index is -0.885. The average Bonchev–Trinajstić information content (AvgIpc) is 1.84. The van der Waals surface area contributed by atoms with E-state index in [1.165, 1.54) is 4.31 Å². The Labute approximate surface area is 62.3 Å². The van der Waals surface area contributed by atoms with E-state index in [4.69, 9.17) is 5.11 Å². The second kappa shape index (κ2) is 2.92. The summed E-state index contributed by atoms with van der Waals surface area (Å²) >= 11 is 1.06. The monoisotopic (exact) mass is 161 g/mol. The molecule has 56 valence electrons. The summed E-state index contributed by atoms with van der Waals surface area (Å²) in [5, 5.41) is 8.21. The third-order valence-corrected chi connectivity index (χ3v) is 2.22. The van der Waals surface area contributed by atoms with Crippen molar-refractivity contribution in [2.24, 2.45) is 0 Å². The van der Waals surface area contributed by atoms with Gasteiger partial charge in [-0.15, -0.1) is 0 Å². The molecule has 4 nitrogen and oxygen atoms in total. The number of hydrogen-bond acceptors (Lipinski definition) is 3. The number of nitrogens with zero attached hydrogens (tertiary/aromatic N) is 1. The summed E-state index contributed by atoms with van der Waals surface area (Å²) in [4.78, 5) is 20.5. The molecule has 1 amide bonds. The fourth-order valence-electron chi connectivity index (χ4n) is 0.564. The molecule has 0 saturated carbocycles. The zero-order valence-corrected chi connectivity index (χ0v) is 6.06. The van der Waals surface area contributed by atoms with Gasteiger partial charge in [-0.3, -0.25) is 13.9 Å². The first kappa shape index (κ1) is 7.40. The molecule has 0 aromatic rings. The van der Waals surface area contributed by atoms with Gasteiger partial charge < -0.3 is 5.11 Å². The molecule has 1 aliphatic rings. The Kier molecular flexibility index (Phi) is 2.16. The van der Waals surface area contributed by atoms with Gasteiger partial charge in [-0.05, 0) is 11.9 Å². The third-order valence-electron chi connectivity index (χ3n) is 1.15. The average molecular weight is 161 g/mol. The smallest absolute Gasteiger partial charge is 0.315 e. The molecule has 1 rings (SSSR count). The zero-order chi connectivity index (χ0) is 7.56. The van der Waals surface area contributed by atoms with Crippen molar-refractivity contribution < 1.29 is 14.7 Å². The molecule has 0 unspecified atom stereocenters. The molecule has 1 heterocycles. The van der Waals surface area contributed by atoms with Crippen molar-refractivity contribution in [1.82, 2.24) is 4.31 Å². The van der Waals surface area contributed by atoms with Crippen molar-refractivity contribution in [1.29, 1.82) is 0 Å². The predicted molar refractivity (Wildman–Crippen MR) is 36.4 cm³/mol. The van der Waals surface area contributed by atoms with Gasteiger partial charge in [-0.2, -0.15) is 0 Å². The lowest BCUT2D eigenvalue weighted by Gasteiger charge is -2.28. The van der Waals surface area contributed by atoms with Crippen LogP contribution >= 0.6 is 11.9 Å². The summed E-state index contributed by atoms with van der Waals surface area (Å²) in [6.07, 6.45) is 0.562. The molecule has 0 bridgehead atoms. The van der Waals surface area contributed by atoms with E-state index < -0.39 is 5.97 Å². The van der Waals surface area contributed by atoms with Crippen LogP contribution in [-0.4, -0.2) is 33.6 Å². The Morgan fingerprint density at radius 3 is 2.80 bits per heavy atom. The SMILES string of the molecule is O=C(O)CSN1CCC1=O. The second-order valence-corrected chi connectivity index (χ2v) is 2.90. The van der Waals surface area contributed by atoms with E-state index in [-0.39, 0.29) is 11.7 Å². The van der Waals surface area contributed by atoms with Gasteiger partial charge in [-0.25, -0.2) is 0 Å². The van der Waals surface area contributed by atoms with Crippen LogP contribution in [0.2, 0.25) is 0 Å². The molecule has 0 spiro atoms. The maximum atomic E-state index is 10.6. The number of carboxylic acids is 1. The van der Waals surface area contributed by atoms with Gasteiger partial charge in [0.2, 0.25) is 5.91 Å². The summed E-state index contributed by atoms with van der Waals surface area (Å²) in [5.74, 6) is -0.873. The number of hydrogen-bond donors (Lipinski definition) is 1. The molecule has 1 fully saturated rings. The molecule has 1 aliphatic heterocycles. The number of aliphatic carboxylic acids is 1. The van der Waals surface area contributed by atoms with Crippen LogP contribution in [0.15, 0.2) is 0 Å². The first-order chi connectivity index (χ1) is 4.70. The highest BCUT2D eigenvalue weighted by molar-refractivity contribution is 7.98. The summed E-state index contributed by atoms with van der Waals surface area (Å²) in [5.41, 5.74) is 0.